The van der Waals surface area contributed by atoms with Crippen molar-refractivity contribution in [1.82, 2.24) is 10.6 Å². The third kappa shape index (κ3) is 3.09. The molecule has 6 nitrogen and oxygen atoms in total. The topological polar surface area (TPSA) is 87.7 Å². The van der Waals surface area contributed by atoms with Gasteiger partial charge in [0, 0.05) is 19.7 Å². The average molecular weight is 242 g/mol. The van der Waals surface area contributed by atoms with Gasteiger partial charge in [-0.05, 0) is 25.7 Å². The summed E-state index contributed by atoms with van der Waals surface area (Å²) in [6.07, 6.45) is 3.41. The summed E-state index contributed by atoms with van der Waals surface area (Å²) < 4.78 is 5.36. The van der Waals surface area contributed by atoms with Crippen LogP contribution in [0.25, 0.3) is 0 Å². The molecule has 1 saturated carbocycles. The van der Waals surface area contributed by atoms with E-state index in [1.165, 1.54) is 0 Å². The van der Waals surface area contributed by atoms with Gasteiger partial charge in [-0.3, -0.25) is 4.79 Å². The molecule has 1 aliphatic carbocycles. The highest BCUT2D eigenvalue weighted by Gasteiger charge is 2.50. The minimum atomic E-state index is -0.822. The van der Waals surface area contributed by atoms with Crippen LogP contribution in [0.3, 0.4) is 0 Å². The van der Waals surface area contributed by atoms with Crippen LogP contribution >= 0.6 is 0 Å². The molecule has 0 spiro atoms. The van der Waals surface area contributed by atoms with E-state index in [9.17, 15) is 9.59 Å². The Hall–Kier alpha value is -1.30. The number of carboxylic acid groups (broad SMARTS) is 1. The molecule has 1 aliphatic heterocycles. The van der Waals surface area contributed by atoms with Crippen LogP contribution < -0.4 is 10.6 Å². The van der Waals surface area contributed by atoms with Crippen molar-refractivity contribution >= 4 is 12.0 Å². The van der Waals surface area contributed by atoms with Gasteiger partial charge in [0.15, 0.2) is 0 Å². The van der Waals surface area contributed by atoms with E-state index >= 15 is 0 Å². The Morgan fingerprint density at radius 2 is 2.12 bits per heavy atom. The minimum absolute atomic E-state index is 0.107. The molecule has 0 aromatic rings. The first-order valence-corrected chi connectivity index (χ1v) is 5.99. The summed E-state index contributed by atoms with van der Waals surface area (Å²) in [7, 11) is 0. The fourth-order valence-electron chi connectivity index (χ4n) is 1.94. The first-order chi connectivity index (χ1) is 8.12. The van der Waals surface area contributed by atoms with Crippen LogP contribution in [-0.4, -0.2) is 42.9 Å². The van der Waals surface area contributed by atoms with Gasteiger partial charge in [-0.25, -0.2) is 4.79 Å². The Bertz CT molecular complexity index is 309. The predicted octanol–water partition coefficient (Wildman–Crippen LogP) is 0.329. The number of rotatable bonds is 5. The van der Waals surface area contributed by atoms with Crippen molar-refractivity contribution in [2.75, 3.05) is 19.7 Å². The molecule has 2 aliphatic rings. The van der Waals surface area contributed by atoms with E-state index in [0.717, 1.165) is 19.4 Å². The normalized spacial score (nSPS) is 25.3. The molecule has 17 heavy (non-hydrogen) atoms. The average Bonchev–Trinajstić information content (AvgIpc) is 2.93. The van der Waals surface area contributed by atoms with Crippen molar-refractivity contribution in [2.24, 2.45) is 5.41 Å². The minimum Gasteiger partial charge on any atom is -0.481 e. The maximum Gasteiger partial charge on any atom is 0.314 e. The van der Waals surface area contributed by atoms with Gasteiger partial charge in [-0.1, -0.05) is 0 Å². The lowest BCUT2D eigenvalue weighted by Crippen LogP contribution is -2.43. The zero-order valence-electron chi connectivity index (χ0n) is 9.70. The Kier molecular flexibility index (Phi) is 3.51. The van der Waals surface area contributed by atoms with Crippen molar-refractivity contribution in [1.29, 1.82) is 0 Å². The van der Waals surface area contributed by atoms with Crippen LogP contribution in [0.4, 0.5) is 4.79 Å². The van der Waals surface area contributed by atoms with Crippen LogP contribution in [0.5, 0.6) is 0 Å². The Labute approximate surface area is 99.7 Å². The molecule has 1 atom stereocenters. The molecule has 96 valence electrons. The molecule has 2 fully saturated rings. The molecular formula is C11H18N2O4. The number of amides is 2. The first-order valence-electron chi connectivity index (χ1n) is 5.99. The molecule has 0 aromatic heterocycles. The molecular weight excluding hydrogens is 224 g/mol. The molecule has 0 radical (unpaired) electrons. The van der Waals surface area contributed by atoms with E-state index < -0.39 is 11.4 Å². The lowest BCUT2D eigenvalue weighted by molar-refractivity contribution is -0.143. The summed E-state index contributed by atoms with van der Waals surface area (Å²) in [4.78, 5) is 22.3. The Balaban J connectivity index is 1.62. The molecule has 3 N–H and O–H groups in total. The van der Waals surface area contributed by atoms with Crippen LogP contribution in [0, 0.1) is 5.41 Å². The quantitative estimate of drug-likeness (QED) is 0.648. The first kappa shape index (κ1) is 12.2. The van der Waals surface area contributed by atoms with Gasteiger partial charge in [0.2, 0.25) is 0 Å². The van der Waals surface area contributed by atoms with Crippen molar-refractivity contribution in [2.45, 2.75) is 31.8 Å². The second-order valence-corrected chi connectivity index (χ2v) is 4.78. The number of ether oxygens (including phenoxy) is 1. The molecule has 2 amide bonds. The highest BCUT2D eigenvalue weighted by Crippen LogP contribution is 2.45. The summed E-state index contributed by atoms with van der Waals surface area (Å²) in [5.74, 6) is -0.822. The van der Waals surface area contributed by atoms with E-state index in [1.807, 2.05) is 0 Å². The van der Waals surface area contributed by atoms with Gasteiger partial charge in [-0.15, -0.1) is 0 Å². The maximum absolute atomic E-state index is 11.4. The monoisotopic (exact) mass is 242 g/mol. The van der Waals surface area contributed by atoms with Crippen molar-refractivity contribution in [3.63, 3.8) is 0 Å². The van der Waals surface area contributed by atoms with E-state index in [0.29, 0.717) is 19.4 Å². The lowest BCUT2D eigenvalue weighted by Gasteiger charge is -2.14. The van der Waals surface area contributed by atoms with Gasteiger partial charge in [-0.2, -0.15) is 0 Å². The van der Waals surface area contributed by atoms with Gasteiger partial charge in [0.05, 0.1) is 11.5 Å². The summed E-state index contributed by atoms with van der Waals surface area (Å²) in [6, 6.07) is -0.312. The van der Waals surface area contributed by atoms with Crippen molar-refractivity contribution in [3.8, 4) is 0 Å². The molecule has 1 unspecified atom stereocenters. The zero-order valence-corrected chi connectivity index (χ0v) is 9.70. The number of hydrogen-bond acceptors (Lipinski definition) is 3. The number of nitrogens with one attached hydrogen (secondary N) is 2. The number of urea groups is 1. The third-order valence-corrected chi connectivity index (χ3v) is 3.41. The van der Waals surface area contributed by atoms with Crippen LogP contribution in [0.2, 0.25) is 0 Å². The van der Waals surface area contributed by atoms with E-state index in [-0.39, 0.29) is 18.7 Å². The lowest BCUT2D eigenvalue weighted by atomic mass is 10.1. The van der Waals surface area contributed by atoms with Gasteiger partial charge in [0.1, 0.15) is 0 Å². The van der Waals surface area contributed by atoms with E-state index in [4.69, 9.17) is 9.84 Å². The second kappa shape index (κ2) is 4.91. The van der Waals surface area contributed by atoms with Gasteiger partial charge in [0.25, 0.3) is 0 Å². The standard InChI is InChI=1S/C11H18N2O4/c14-9(15)11(3-4-11)7-13-10(16)12-6-8-2-1-5-17-8/h8H,1-7H2,(H,14,15)(H2,12,13,16). The molecule has 0 aromatic carbocycles. The summed E-state index contributed by atoms with van der Waals surface area (Å²) in [5.41, 5.74) is -0.707. The number of carbonyl (C=O) groups excluding carboxylic acids is 1. The number of carbonyl (C=O) groups is 2. The summed E-state index contributed by atoms with van der Waals surface area (Å²) in [5, 5.41) is 14.2. The molecule has 0 bridgehead atoms. The van der Waals surface area contributed by atoms with Crippen LogP contribution in [0.15, 0.2) is 0 Å². The van der Waals surface area contributed by atoms with Gasteiger partial charge >= 0.3 is 12.0 Å². The molecule has 6 heteroatoms. The largest absolute Gasteiger partial charge is 0.481 e. The Morgan fingerprint density at radius 3 is 2.65 bits per heavy atom. The Morgan fingerprint density at radius 1 is 1.35 bits per heavy atom. The summed E-state index contributed by atoms with van der Waals surface area (Å²) >= 11 is 0. The number of carboxylic acids is 1. The maximum atomic E-state index is 11.4. The highest BCUT2D eigenvalue weighted by atomic mass is 16.5. The summed E-state index contributed by atoms with van der Waals surface area (Å²) in [6.45, 7) is 1.46. The fourth-order valence-corrected chi connectivity index (χ4v) is 1.94. The van der Waals surface area contributed by atoms with Crippen molar-refractivity contribution < 1.29 is 19.4 Å². The number of aliphatic carboxylic acids is 1. The fraction of sp³-hybridized carbons (Fsp3) is 0.818. The molecule has 2 rings (SSSR count). The number of hydrogen-bond donors (Lipinski definition) is 3. The van der Waals surface area contributed by atoms with Gasteiger partial charge < -0.3 is 20.5 Å². The van der Waals surface area contributed by atoms with E-state index in [2.05, 4.69) is 10.6 Å². The highest BCUT2D eigenvalue weighted by molar-refractivity contribution is 5.80. The third-order valence-electron chi connectivity index (χ3n) is 3.41. The zero-order chi connectivity index (χ0) is 12.3. The van der Waals surface area contributed by atoms with Crippen LogP contribution in [-0.2, 0) is 9.53 Å². The molecule has 1 saturated heterocycles. The van der Waals surface area contributed by atoms with Crippen LogP contribution in [0.1, 0.15) is 25.7 Å². The molecule has 1 heterocycles. The van der Waals surface area contributed by atoms with Crippen molar-refractivity contribution in [3.05, 3.63) is 0 Å². The predicted molar refractivity (Wildman–Crippen MR) is 59.7 cm³/mol. The SMILES string of the molecule is O=C(NCC1CCCO1)NCC1(C(=O)O)CC1. The van der Waals surface area contributed by atoms with E-state index in [1.54, 1.807) is 0 Å². The smallest absolute Gasteiger partial charge is 0.314 e. The second-order valence-electron chi connectivity index (χ2n) is 4.78.